The summed E-state index contributed by atoms with van der Waals surface area (Å²) in [5.74, 6) is 0. The fourth-order valence-electron chi connectivity index (χ4n) is 1.42. The minimum Gasteiger partial charge on any atom is -0.346 e. The van der Waals surface area contributed by atoms with Crippen LogP contribution in [0.15, 0.2) is 41.8 Å². The summed E-state index contributed by atoms with van der Waals surface area (Å²) >= 11 is 0. The van der Waals surface area contributed by atoms with Crippen LogP contribution < -0.4 is 0 Å². The topological polar surface area (TPSA) is 17.3 Å². The van der Waals surface area contributed by atoms with Gasteiger partial charge in [0.25, 0.3) is 0 Å². The van der Waals surface area contributed by atoms with Crippen LogP contribution in [-0.4, -0.2) is 10.8 Å². The van der Waals surface area contributed by atoms with Gasteiger partial charge < -0.3 is 4.57 Å². The summed E-state index contributed by atoms with van der Waals surface area (Å²) in [6.07, 6.45) is 12.4. The second kappa shape index (κ2) is 3.39. The summed E-state index contributed by atoms with van der Waals surface area (Å²) < 4.78 is 2.19. The molecule has 0 spiro atoms. The standard InChI is InChI=1S/C10H12N2/c1-2-6-11-9-10(5-1)12-7-3-4-8-12/h2-4,6-10H,1,5H2. The summed E-state index contributed by atoms with van der Waals surface area (Å²) in [6, 6.07) is 4.54. The molecule has 1 aliphatic rings. The van der Waals surface area contributed by atoms with Crippen molar-refractivity contribution in [1.82, 2.24) is 4.57 Å². The van der Waals surface area contributed by atoms with Crippen LogP contribution in [0, 0.1) is 0 Å². The third kappa shape index (κ3) is 1.47. The number of rotatable bonds is 1. The molecule has 0 fully saturated rings. The van der Waals surface area contributed by atoms with Crippen LogP contribution in [0.2, 0.25) is 0 Å². The van der Waals surface area contributed by atoms with Gasteiger partial charge in [0.2, 0.25) is 0 Å². The van der Waals surface area contributed by atoms with Crippen LogP contribution in [0.1, 0.15) is 18.9 Å². The molecule has 2 rings (SSSR count). The van der Waals surface area contributed by atoms with Crippen molar-refractivity contribution in [3.05, 3.63) is 36.8 Å². The predicted molar refractivity (Wildman–Crippen MR) is 50.3 cm³/mol. The molecule has 12 heavy (non-hydrogen) atoms. The summed E-state index contributed by atoms with van der Waals surface area (Å²) in [6.45, 7) is 0. The Kier molecular flexibility index (Phi) is 2.08. The van der Waals surface area contributed by atoms with Gasteiger partial charge in [0.05, 0.1) is 6.04 Å². The molecule has 0 aliphatic carbocycles. The molecular formula is C10H12N2. The third-order valence-corrected chi connectivity index (χ3v) is 2.09. The molecule has 1 aliphatic heterocycles. The summed E-state index contributed by atoms with van der Waals surface area (Å²) in [7, 11) is 0. The van der Waals surface area contributed by atoms with Crippen molar-refractivity contribution in [1.29, 1.82) is 0 Å². The Hall–Kier alpha value is -1.31. The highest BCUT2D eigenvalue weighted by Gasteiger charge is 2.06. The van der Waals surface area contributed by atoms with E-state index in [0.717, 1.165) is 12.8 Å². The minimum absolute atomic E-state index is 0.440. The van der Waals surface area contributed by atoms with Crippen LogP contribution in [-0.2, 0) is 0 Å². The lowest BCUT2D eigenvalue weighted by atomic mass is 10.2. The molecule has 0 amide bonds. The maximum atomic E-state index is 4.18. The molecule has 0 aromatic carbocycles. The van der Waals surface area contributed by atoms with Crippen molar-refractivity contribution < 1.29 is 0 Å². The number of aromatic nitrogens is 1. The Bertz CT molecular complexity index is 283. The summed E-state index contributed by atoms with van der Waals surface area (Å²) in [5.41, 5.74) is 0. The van der Waals surface area contributed by atoms with E-state index < -0.39 is 0 Å². The fourth-order valence-corrected chi connectivity index (χ4v) is 1.42. The lowest BCUT2D eigenvalue weighted by Crippen LogP contribution is -2.06. The Morgan fingerprint density at radius 2 is 2.08 bits per heavy atom. The number of hydrogen-bond acceptors (Lipinski definition) is 1. The fraction of sp³-hybridized carbons (Fsp3) is 0.300. The van der Waals surface area contributed by atoms with Crippen molar-refractivity contribution in [3.63, 3.8) is 0 Å². The number of aliphatic imine (C=N–C) groups is 1. The van der Waals surface area contributed by atoms with Crippen LogP contribution in [0.4, 0.5) is 0 Å². The highest BCUT2D eigenvalue weighted by Crippen LogP contribution is 2.14. The molecule has 62 valence electrons. The zero-order valence-electron chi connectivity index (χ0n) is 6.93. The highest BCUT2D eigenvalue weighted by molar-refractivity contribution is 5.64. The smallest absolute Gasteiger partial charge is 0.0684 e. The van der Waals surface area contributed by atoms with E-state index in [-0.39, 0.29) is 0 Å². The first kappa shape index (κ1) is 7.35. The first-order valence-electron chi connectivity index (χ1n) is 4.27. The molecule has 0 bridgehead atoms. The number of hydrogen-bond donors (Lipinski definition) is 0. The number of allylic oxidation sites excluding steroid dienone is 1. The molecule has 1 atom stereocenters. The van der Waals surface area contributed by atoms with Crippen LogP contribution >= 0.6 is 0 Å². The Morgan fingerprint density at radius 1 is 1.25 bits per heavy atom. The van der Waals surface area contributed by atoms with E-state index >= 15 is 0 Å². The summed E-state index contributed by atoms with van der Waals surface area (Å²) in [5, 5.41) is 0. The molecule has 2 heteroatoms. The van der Waals surface area contributed by atoms with E-state index in [9.17, 15) is 0 Å². The van der Waals surface area contributed by atoms with Crippen molar-refractivity contribution in [2.75, 3.05) is 0 Å². The number of nitrogens with zero attached hydrogens (tertiary/aromatic N) is 2. The molecule has 2 heterocycles. The second-order valence-corrected chi connectivity index (χ2v) is 2.96. The maximum Gasteiger partial charge on any atom is 0.0684 e. The van der Waals surface area contributed by atoms with Crippen LogP contribution in [0.25, 0.3) is 0 Å². The van der Waals surface area contributed by atoms with Gasteiger partial charge in [-0.05, 0) is 25.0 Å². The van der Waals surface area contributed by atoms with E-state index in [1.54, 1.807) is 0 Å². The molecule has 1 unspecified atom stereocenters. The molecule has 1 aromatic rings. The third-order valence-electron chi connectivity index (χ3n) is 2.09. The first-order chi connectivity index (χ1) is 5.97. The largest absolute Gasteiger partial charge is 0.346 e. The van der Waals surface area contributed by atoms with Gasteiger partial charge in [-0.15, -0.1) is 0 Å². The lowest BCUT2D eigenvalue weighted by Gasteiger charge is -2.11. The van der Waals surface area contributed by atoms with Gasteiger partial charge in [-0.25, -0.2) is 0 Å². The second-order valence-electron chi connectivity index (χ2n) is 2.96. The maximum absolute atomic E-state index is 4.18. The molecule has 0 radical (unpaired) electrons. The van der Waals surface area contributed by atoms with Gasteiger partial charge in [0.15, 0.2) is 0 Å². The quantitative estimate of drug-likeness (QED) is 0.600. The van der Waals surface area contributed by atoms with Gasteiger partial charge in [-0.2, -0.15) is 0 Å². The van der Waals surface area contributed by atoms with Crippen molar-refractivity contribution in [2.45, 2.75) is 18.9 Å². The highest BCUT2D eigenvalue weighted by atomic mass is 15.0. The van der Waals surface area contributed by atoms with E-state index in [1.165, 1.54) is 0 Å². The van der Waals surface area contributed by atoms with Gasteiger partial charge in [-0.1, -0.05) is 6.08 Å². The van der Waals surface area contributed by atoms with Crippen LogP contribution in [0.3, 0.4) is 0 Å². The Labute approximate surface area is 72.2 Å². The van der Waals surface area contributed by atoms with Gasteiger partial charge in [0.1, 0.15) is 0 Å². The molecule has 2 nitrogen and oxygen atoms in total. The SMILES string of the molecule is C1=CN=CC(n2cccc2)CC1. The van der Waals surface area contributed by atoms with Crippen LogP contribution in [0.5, 0.6) is 0 Å². The van der Waals surface area contributed by atoms with Gasteiger partial charge >= 0.3 is 0 Å². The Balaban J connectivity index is 2.15. The molecule has 1 aromatic heterocycles. The normalized spacial score (nSPS) is 22.5. The molecular weight excluding hydrogens is 148 g/mol. The van der Waals surface area contributed by atoms with Crippen molar-refractivity contribution in [3.8, 4) is 0 Å². The minimum atomic E-state index is 0.440. The molecule has 0 saturated heterocycles. The molecule has 0 saturated carbocycles. The predicted octanol–water partition coefficient (Wildman–Crippen LogP) is 2.41. The van der Waals surface area contributed by atoms with Gasteiger partial charge in [0, 0.05) is 24.8 Å². The van der Waals surface area contributed by atoms with E-state index in [4.69, 9.17) is 0 Å². The van der Waals surface area contributed by atoms with Crippen molar-refractivity contribution >= 4 is 6.21 Å². The van der Waals surface area contributed by atoms with E-state index in [0.29, 0.717) is 6.04 Å². The Morgan fingerprint density at radius 3 is 2.92 bits per heavy atom. The van der Waals surface area contributed by atoms with E-state index in [2.05, 4.69) is 28.0 Å². The zero-order valence-corrected chi connectivity index (χ0v) is 6.93. The van der Waals surface area contributed by atoms with Crippen molar-refractivity contribution in [2.24, 2.45) is 4.99 Å². The van der Waals surface area contributed by atoms with Gasteiger partial charge in [-0.3, -0.25) is 4.99 Å². The monoisotopic (exact) mass is 160 g/mol. The summed E-state index contributed by atoms with van der Waals surface area (Å²) in [4.78, 5) is 4.18. The molecule has 0 N–H and O–H groups in total. The average molecular weight is 160 g/mol. The average Bonchev–Trinajstić information content (AvgIpc) is 2.48. The first-order valence-corrected chi connectivity index (χ1v) is 4.27. The zero-order chi connectivity index (χ0) is 8.23. The van der Waals surface area contributed by atoms with E-state index in [1.807, 2.05) is 24.5 Å². The lowest BCUT2D eigenvalue weighted by molar-refractivity contribution is 0.608.